The molecule has 0 saturated heterocycles. The van der Waals surface area contributed by atoms with Crippen molar-refractivity contribution >= 4 is 34.0 Å². The zero-order valence-electron chi connectivity index (χ0n) is 15.7. The Morgan fingerprint density at radius 2 is 1.67 bits per heavy atom. The standard InChI is InChI=1S/C19H25N3O3S.ClH/c1-14-5-8-16(9-6-14)22-26(24,25)17-10-7-15(2)18(13-17)19(23)21-12-4-11-20-3;/h5-10,13,20,22H,4,11-12H2,1-3H3,(H,21,23);1H. The molecule has 0 fully saturated rings. The lowest BCUT2D eigenvalue weighted by Gasteiger charge is -2.12. The van der Waals surface area contributed by atoms with Crippen molar-refractivity contribution in [2.24, 2.45) is 0 Å². The van der Waals surface area contributed by atoms with E-state index in [1.54, 1.807) is 25.1 Å². The van der Waals surface area contributed by atoms with Gasteiger partial charge in [-0.05, 0) is 63.7 Å². The number of rotatable bonds is 8. The maximum atomic E-state index is 12.6. The van der Waals surface area contributed by atoms with Crippen LogP contribution < -0.4 is 15.4 Å². The fourth-order valence-corrected chi connectivity index (χ4v) is 3.50. The van der Waals surface area contributed by atoms with Gasteiger partial charge in [0.15, 0.2) is 0 Å². The van der Waals surface area contributed by atoms with E-state index in [1.807, 2.05) is 26.1 Å². The molecular weight excluding hydrogens is 386 g/mol. The van der Waals surface area contributed by atoms with Gasteiger partial charge in [-0.15, -0.1) is 12.4 Å². The van der Waals surface area contributed by atoms with Crippen molar-refractivity contribution in [3.63, 3.8) is 0 Å². The molecule has 2 aromatic carbocycles. The van der Waals surface area contributed by atoms with Crippen molar-refractivity contribution in [2.75, 3.05) is 24.9 Å². The van der Waals surface area contributed by atoms with Crippen LogP contribution in [0.15, 0.2) is 47.4 Å². The number of anilines is 1. The minimum atomic E-state index is -3.77. The summed E-state index contributed by atoms with van der Waals surface area (Å²) in [5.41, 5.74) is 2.61. The second kappa shape index (κ2) is 10.3. The normalized spacial score (nSPS) is 10.8. The smallest absolute Gasteiger partial charge is 0.261 e. The molecule has 0 aliphatic carbocycles. The van der Waals surface area contributed by atoms with Crippen molar-refractivity contribution < 1.29 is 13.2 Å². The monoisotopic (exact) mass is 411 g/mol. The molecule has 6 nitrogen and oxygen atoms in total. The molecular formula is C19H26ClN3O3S. The molecule has 1 amide bonds. The van der Waals surface area contributed by atoms with Crippen LogP contribution in [0.4, 0.5) is 5.69 Å². The van der Waals surface area contributed by atoms with E-state index in [0.717, 1.165) is 24.1 Å². The van der Waals surface area contributed by atoms with Crippen LogP contribution in [-0.4, -0.2) is 34.5 Å². The summed E-state index contributed by atoms with van der Waals surface area (Å²) in [7, 11) is -1.92. The number of carbonyl (C=O) groups excluding carboxylic acids is 1. The molecule has 0 spiro atoms. The maximum Gasteiger partial charge on any atom is 0.261 e. The van der Waals surface area contributed by atoms with Crippen molar-refractivity contribution in [3.05, 3.63) is 59.2 Å². The van der Waals surface area contributed by atoms with Crippen molar-refractivity contribution in [1.29, 1.82) is 0 Å². The zero-order chi connectivity index (χ0) is 19.2. The predicted octanol–water partition coefficient (Wildman–Crippen LogP) is 2.87. The van der Waals surface area contributed by atoms with Gasteiger partial charge in [0.05, 0.1) is 4.90 Å². The predicted molar refractivity (Wildman–Crippen MR) is 111 cm³/mol. The van der Waals surface area contributed by atoms with Crippen LogP contribution in [0.5, 0.6) is 0 Å². The average molecular weight is 412 g/mol. The number of sulfonamides is 1. The van der Waals surface area contributed by atoms with Crippen molar-refractivity contribution in [1.82, 2.24) is 10.6 Å². The summed E-state index contributed by atoms with van der Waals surface area (Å²) in [5, 5.41) is 5.82. The molecule has 3 N–H and O–H groups in total. The van der Waals surface area contributed by atoms with Crippen LogP contribution in [0.3, 0.4) is 0 Å². The molecule has 0 atom stereocenters. The molecule has 8 heteroatoms. The minimum Gasteiger partial charge on any atom is -0.352 e. The van der Waals surface area contributed by atoms with Gasteiger partial charge in [0.25, 0.3) is 15.9 Å². The number of nitrogens with one attached hydrogen (secondary N) is 3. The topological polar surface area (TPSA) is 87.3 Å². The fourth-order valence-electron chi connectivity index (χ4n) is 2.41. The Morgan fingerprint density at radius 3 is 2.30 bits per heavy atom. The number of halogens is 1. The lowest BCUT2D eigenvalue weighted by Crippen LogP contribution is -2.27. The molecule has 0 aliphatic heterocycles. The highest BCUT2D eigenvalue weighted by Crippen LogP contribution is 2.19. The van der Waals surface area contributed by atoms with Gasteiger partial charge < -0.3 is 10.6 Å². The van der Waals surface area contributed by atoms with E-state index in [1.165, 1.54) is 12.1 Å². The van der Waals surface area contributed by atoms with Crippen LogP contribution in [0.2, 0.25) is 0 Å². The van der Waals surface area contributed by atoms with Crippen LogP contribution in [0.1, 0.15) is 27.9 Å². The second-order valence-corrected chi connectivity index (χ2v) is 7.84. The third-order valence-electron chi connectivity index (χ3n) is 3.96. The van der Waals surface area contributed by atoms with Gasteiger partial charge in [0.2, 0.25) is 0 Å². The lowest BCUT2D eigenvalue weighted by atomic mass is 10.1. The van der Waals surface area contributed by atoms with E-state index >= 15 is 0 Å². The fraction of sp³-hybridized carbons (Fsp3) is 0.316. The van der Waals surface area contributed by atoms with Gasteiger partial charge in [0, 0.05) is 17.8 Å². The Balaban J connectivity index is 0.00000364. The molecule has 2 rings (SSSR count). The summed E-state index contributed by atoms with van der Waals surface area (Å²) in [6.45, 7) is 5.04. The molecule has 148 valence electrons. The number of hydrogen-bond acceptors (Lipinski definition) is 4. The van der Waals surface area contributed by atoms with E-state index < -0.39 is 10.0 Å². The van der Waals surface area contributed by atoms with E-state index in [2.05, 4.69) is 15.4 Å². The lowest BCUT2D eigenvalue weighted by molar-refractivity contribution is 0.0952. The SMILES string of the molecule is CNCCCNC(=O)c1cc(S(=O)(=O)Nc2ccc(C)cc2)ccc1C.Cl. The quantitative estimate of drug-likeness (QED) is 0.583. The van der Waals surface area contributed by atoms with Gasteiger partial charge in [-0.3, -0.25) is 9.52 Å². The Bertz CT molecular complexity index is 868. The van der Waals surface area contributed by atoms with Crippen LogP contribution in [0, 0.1) is 13.8 Å². The van der Waals surface area contributed by atoms with Crippen molar-refractivity contribution in [2.45, 2.75) is 25.2 Å². The highest BCUT2D eigenvalue weighted by Gasteiger charge is 2.18. The summed E-state index contributed by atoms with van der Waals surface area (Å²) in [6.07, 6.45) is 0.800. The molecule has 0 aromatic heterocycles. The summed E-state index contributed by atoms with van der Waals surface area (Å²) in [6, 6.07) is 11.6. The molecule has 2 aromatic rings. The van der Waals surface area contributed by atoms with Gasteiger partial charge in [-0.1, -0.05) is 23.8 Å². The number of aryl methyl sites for hydroxylation is 2. The Morgan fingerprint density at radius 1 is 1.00 bits per heavy atom. The maximum absolute atomic E-state index is 12.6. The number of benzene rings is 2. The zero-order valence-corrected chi connectivity index (χ0v) is 17.3. The molecule has 0 saturated carbocycles. The number of hydrogen-bond donors (Lipinski definition) is 3. The molecule has 0 unspecified atom stereocenters. The van der Waals surface area contributed by atoms with E-state index in [4.69, 9.17) is 0 Å². The number of carbonyl (C=O) groups is 1. The largest absolute Gasteiger partial charge is 0.352 e. The van der Waals surface area contributed by atoms with Crippen molar-refractivity contribution in [3.8, 4) is 0 Å². The Kier molecular flexibility index (Phi) is 8.75. The summed E-state index contributed by atoms with van der Waals surface area (Å²) >= 11 is 0. The minimum absolute atomic E-state index is 0. The molecule has 0 radical (unpaired) electrons. The van der Waals surface area contributed by atoms with Gasteiger partial charge in [-0.25, -0.2) is 8.42 Å². The summed E-state index contributed by atoms with van der Waals surface area (Å²) in [5.74, 6) is -0.272. The molecule has 0 heterocycles. The van der Waals surface area contributed by atoms with Crippen LogP contribution in [0.25, 0.3) is 0 Å². The first-order valence-electron chi connectivity index (χ1n) is 8.46. The third kappa shape index (κ3) is 6.53. The highest BCUT2D eigenvalue weighted by atomic mass is 35.5. The highest BCUT2D eigenvalue weighted by molar-refractivity contribution is 7.92. The van der Waals surface area contributed by atoms with Gasteiger partial charge in [-0.2, -0.15) is 0 Å². The van der Waals surface area contributed by atoms with Gasteiger partial charge >= 0.3 is 0 Å². The van der Waals surface area contributed by atoms with E-state index in [-0.39, 0.29) is 23.2 Å². The van der Waals surface area contributed by atoms with Gasteiger partial charge in [0.1, 0.15) is 0 Å². The van der Waals surface area contributed by atoms with E-state index in [9.17, 15) is 13.2 Å². The number of amides is 1. The Labute approximate surface area is 167 Å². The average Bonchev–Trinajstić information content (AvgIpc) is 2.60. The first-order chi connectivity index (χ1) is 12.3. The first-order valence-corrected chi connectivity index (χ1v) is 9.95. The molecule has 27 heavy (non-hydrogen) atoms. The molecule has 0 bridgehead atoms. The summed E-state index contributed by atoms with van der Waals surface area (Å²) in [4.78, 5) is 12.4. The first kappa shape index (κ1) is 23.0. The third-order valence-corrected chi connectivity index (χ3v) is 5.34. The van der Waals surface area contributed by atoms with Crippen LogP contribution >= 0.6 is 12.4 Å². The Hall–Kier alpha value is -2.09. The molecule has 0 aliphatic rings. The second-order valence-electron chi connectivity index (χ2n) is 6.16. The summed E-state index contributed by atoms with van der Waals surface area (Å²) < 4.78 is 27.8. The van der Waals surface area contributed by atoms with Crippen LogP contribution in [-0.2, 0) is 10.0 Å². The van der Waals surface area contributed by atoms with E-state index in [0.29, 0.717) is 17.8 Å².